The SMILES string of the molecule is COC1CN(Cc2c(F)cccc2F)CC1C. The number of likely N-dealkylation sites (tertiary alicyclic amines) is 1. The Labute approximate surface area is 100 Å². The van der Waals surface area contributed by atoms with Crippen LogP contribution >= 0.6 is 0 Å². The van der Waals surface area contributed by atoms with Crippen LogP contribution in [-0.2, 0) is 11.3 Å². The zero-order valence-corrected chi connectivity index (χ0v) is 10.1. The molecule has 0 saturated carbocycles. The highest BCUT2D eigenvalue weighted by Gasteiger charge is 2.30. The first-order valence-corrected chi connectivity index (χ1v) is 5.80. The van der Waals surface area contributed by atoms with E-state index in [1.807, 2.05) is 4.90 Å². The van der Waals surface area contributed by atoms with Crippen LogP contribution in [0.15, 0.2) is 18.2 Å². The van der Waals surface area contributed by atoms with Crippen LogP contribution in [0.25, 0.3) is 0 Å². The summed E-state index contributed by atoms with van der Waals surface area (Å²) in [5.41, 5.74) is 0.149. The van der Waals surface area contributed by atoms with Gasteiger partial charge in [-0.1, -0.05) is 13.0 Å². The van der Waals surface area contributed by atoms with E-state index in [0.29, 0.717) is 12.5 Å². The van der Waals surface area contributed by atoms with Gasteiger partial charge >= 0.3 is 0 Å². The van der Waals surface area contributed by atoms with Crippen molar-refractivity contribution < 1.29 is 13.5 Å². The van der Waals surface area contributed by atoms with E-state index in [2.05, 4.69) is 6.92 Å². The van der Waals surface area contributed by atoms with Crippen molar-refractivity contribution in [1.82, 2.24) is 4.90 Å². The molecule has 0 radical (unpaired) electrons. The van der Waals surface area contributed by atoms with Gasteiger partial charge in [0.25, 0.3) is 0 Å². The summed E-state index contributed by atoms with van der Waals surface area (Å²) in [6, 6.07) is 3.98. The molecule has 1 heterocycles. The molecule has 2 atom stereocenters. The summed E-state index contributed by atoms with van der Waals surface area (Å²) in [6.07, 6.45) is 0.157. The maximum Gasteiger partial charge on any atom is 0.130 e. The highest BCUT2D eigenvalue weighted by molar-refractivity contribution is 5.19. The first-order valence-electron chi connectivity index (χ1n) is 5.80. The molecule has 0 bridgehead atoms. The van der Waals surface area contributed by atoms with Gasteiger partial charge in [-0.2, -0.15) is 0 Å². The van der Waals surface area contributed by atoms with Crippen molar-refractivity contribution in [3.8, 4) is 0 Å². The Kier molecular flexibility index (Phi) is 3.74. The number of hydrogen-bond donors (Lipinski definition) is 0. The van der Waals surface area contributed by atoms with E-state index >= 15 is 0 Å². The zero-order valence-electron chi connectivity index (χ0n) is 10.1. The third-order valence-corrected chi connectivity index (χ3v) is 3.37. The largest absolute Gasteiger partial charge is 0.380 e. The first kappa shape index (κ1) is 12.5. The number of halogens is 2. The highest BCUT2D eigenvalue weighted by atomic mass is 19.1. The Morgan fingerprint density at radius 3 is 2.47 bits per heavy atom. The van der Waals surface area contributed by atoms with Crippen LogP contribution in [0.2, 0.25) is 0 Å². The number of hydrogen-bond acceptors (Lipinski definition) is 2. The molecule has 1 aromatic carbocycles. The molecule has 2 nitrogen and oxygen atoms in total. The maximum absolute atomic E-state index is 13.5. The van der Waals surface area contributed by atoms with Gasteiger partial charge in [-0.05, 0) is 18.1 Å². The van der Waals surface area contributed by atoms with Gasteiger partial charge in [-0.15, -0.1) is 0 Å². The second-order valence-corrected chi connectivity index (χ2v) is 4.65. The van der Waals surface area contributed by atoms with Gasteiger partial charge in [-0.25, -0.2) is 8.78 Å². The van der Waals surface area contributed by atoms with Gasteiger partial charge in [0.1, 0.15) is 11.6 Å². The Morgan fingerprint density at radius 1 is 1.29 bits per heavy atom. The molecule has 0 N–H and O–H groups in total. The lowest BCUT2D eigenvalue weighted by molar-refractivity contribution is 0.0831. The van der Waals surface area contributed by atoms with E-state index in [1.165, 1.54) is 18.2 Å². The average molecular weight is 241 g/mol. The Bertz CT molecular complexity index is 377. The van der Waals surface area contributed by atoms with Crippen molar-refractivity contribution in [3.63, 3.8) is 0 Å². The summed E-state index contributed by atoms with van der Waals surface area (Å²) in [5, 5.41) is 0. The normalized spacial score (nSPS) is 25.4. The fourth-order valence-electron chi connectivity index (χ4n) is 2.38. The molecule has 0 aromatic heterocycles. The van der Waals surface area contributed by atoms with Crippen LogP contribution in [0.3, 0.4) is 0 Å². The molecule has 4 heteroatoms. The van der Waals surface area contributed by atoms with Gasteiger partial charge in [0.2, 0.25) is 0 Å². The lowest BCUT2D eigenvalue weighted by Crippen LogP contribution is -2.23. The number of methoxy groups -OCH3 is 1. The predicted molar refractivity (Wildman–Crippen MR) is 61.6 cm³/mol. The van der Waals surface area contributed by atoms with Crippen LogP contribution < -0.4 is 0 Å². The Morgan fingerprint density at radius 2 is 1.94 bits per heavy atom. The molecule has 17 heavy (non-hydrogen) atoms. The van der Waals surface area contributed by atoms with Crippen molar-refractivity contribution in [2.24, 2.45) is 5.92 Å². The summed E-state index contributed by atoms with van der Waals surface area (Å²) in [7, 11) is 1.67. The number of nitrogens with zero attached hydrogens (tertiary/aromatic N) is 1. The first-order chi connectivity index (χ1) is 8.11. The fourth-order valence-corrected chi connectivity index (χ4v) is 2.38. The molecule has 0 amide bonds. The van der Waals surface area contributed by atoms with E-state index in [0.717, 1.165) is 13.1 Å². The third kappa shape index (κ3) is 2.64. The smallest absolute Gasteiger partial charge is 0.130 e. The zero-order chi connectivity index (χ0) is 12.4. The lowest BCUT2D eigenvalue weighted by Gasteiger charge is -2.16. The molecule has 94 valence electrons. The lowest BCUT2D eigenvalue weighted by atomic mass is 10.1. The van der Waals surface area contributed by atoms with E-state index in [4.69, 9.17) is 4.74 Å². The van der Waals surface area contributed by atoms with Crippen molar-refractivity contribution in [1.29, 1.82) is 0 Å². The van der Waals surface area contributed by atoms with Gasteiger partial charge in [0.15, 0.2) is 0 Å². The summed E-state index contributed by atoms with van der Waals surface area (Å²) >= 11 is 0. The third-order valence-electron chi connectivity index (χ3n) is 3.37. The van der Waals surface area contributed by atoms with Crippen LogP contribution in [0.1, 0.15) is 12.5 Å². The predicted octanol–water partition coefficient (Wildman–Crippen LogP) is 2.43. The van der Waals surface area contributed by atoms with Crippen LogP contribution in [0.4, 0.5) is 8.78 Å². The van der Waals surface area contributed by atoms with E-state index < -0.39 is 11.6 Å². The maximum atomic E-state index is 13.5. The van der Waals surface area contributed by atoms with Crippen molar-refractivity contribution >= 4 is 0 Å². The van der Waals surface area contributed by atoms with Gasteiger partial charge < -0.3 is 4.74 Å². The Balaban J connectivity index is 2.07. The number of ether oxygens (including phenoxy) is 1. The van der Waals surface area contributed by atoms with Gasteiger partial charge in [0.05, 0.1) is 6.10 Å². The summed E-state index contributed by atoms with van der Waals surface area (Å²) in [5.74, 6) is -0.549. The molecular formula is C13H17F2NO. The number of benzene rings is 1. The minimum Gasteiger partial charge on any atom is -0.380 e. The van der Waals surface area contributed by atoms with Crippen LogP contribution in [0.5, 0.6) is 0 Å². The van der Waals surface area contributed by atoms with Crippen molar-refractivity contribution in [3.05, 3.63) is 35.4 Å². The molecule has 0 aliphatic carbocycles. The van der Waals surface area contributed by atoms with Crippen LogP contribution in [0, 0.1) is 17.6 Å². The van der Waals surface area contributed by atoms with Gasteiger partial charge in [-0.3, -0.25) is 4.90 Å². The summed E-state index contributed by atoms with van der Waals surface area (Å²) in [4.78, 5) is 2.03. The van der Waals surface area contributed by atoms with Crippen molar-refractivity contribution in [2.45, 2.75) is 19.6 Å². The molecule has 1 saturated heterocycles. The minimum atomic E-state index is -0.474. The molecular weight excluding hydrogens is 224 g/mol. The molecule has 1 aliphatic rings. The molecule has 1 aromatic rings. The summed E-state index contributed by atoms with van der Waals surface area (Å²) < 4.78 is 32.3. The second-order valence-electron chi connectivity index (χ2n) is 4.65. The van der Waals surface area contributed by atoms with Crippen LogP contribution in [-0.4, -0.2) is 31.2 Å². The molecule has 1 aliphatic heterocycles. The second kappa shape index (κ2) is 5.10. The van der Waals surface area contributed by atoms with E-state index in [9.17, 15) is 8.78 Å². The molecule has 2 rings (SSSR count). The average Bonchev–Trinajstić information content (AvgIpc) is 2.64. The highest BCUT2D eigenvalue weighted by Crippen LogP contribution is 2.22. The quantitative estimate of drug-likeness (QED) is 0.806. The number of rotatable bonds is 3. The van der Waals surface area contributed by atoms with E-state index in [-0.39, 0.29) is 11.7 Å². The standard InChI is InChI=1S/C13H17F2NO/c1-9-6-16(8-13(9)17-2)7-10-11(14)4-3-5-12(10)15/h3-5,9,13H,6-8H2,1-2H3. The molecule has 2 unspecified atom stereocenters. The van der Waals surface area contributed by atoms with Gasteiger partial charge in [0, 0.05) is 32.3 Å². The monoisotopic (exact) mass is 241 g/mol. The molecule has 1 fully saturated rings. The Hall–Kier alpha value is -1.00. The fraction of sp³-hybridized carbons (Fsp3) is 0.538. The molecule has 0 spiro atoms. The minimum absolute atomic E-state index is 0.149. The summed E-state index contributed by atoms with van der Waals surface area (Å²) in [6.45, 7) is 3.94. The topological polar surface area (TPSA) is 12.5 Å². The van der Waals surface area contributed by atoms with Crippen molar-refractivity contribution in [2.75, 3.05) is 20.2 Å². The van der Waals surface area contributed by atoms with E-state index in [1.54, 1.807) is 7.11 Å².